The summed E-state index contributed by atoms with van der Waals surface area (Å²) in [6.45, 7) is -1.98. The molecule has 112 valence electrons. The van der Waals surface area contributed by atoms with Crippen molar-refractivity contribution in [3.63, 3.8) is 0 Å². The largest absolute Gasteiger partial charge is 0.455 e. The van der Waals surface area contributed by atoms with Gasteiger partial charge in [-0.2, -0.15) is 22.0 Å². The van der Waals surface area contributed by atoms with Crippen molar-refractivity contribution in [1.29, 1.82) is 0 Å². The Labute approximate surface area is 110 Å². The number of rotatable bonds is 5. The summed E-state index contributed by atoms with van der Waals surface area (Å²) >= 11 is 0. The third kappa shape index (κ3) is 3.87. The van der Waals surface area contributed by atoms with E-state index < -0.39 is 30.7 Å². The molecule has 0 fully saturated rings. The minimum Gasteiger partial charge on any atom is -0.357 e. The third-order valence-corrected chi connectivity index (χ3v) is 2.33. The lowest BCUT2D eigenvalue weighted by Crippen LogP contribution is -2.43. The number of hydrogen-bond donors (Lipinski definition) is 2. The monoisotopic (exact) mass is 298 g/mol. The molecular weight excluding hydrogens is 287 g/mol. The molecule has 0 spiro atoms. The van der Waals surface area contributed by atoms with Gasteiger partial charge in [0, 0.05) is 0 Å². The van der Waals surface area contributed by atoms with Gasteiger partial charge in [0.15, 0.2) is 6.10 Å². The first-order valence-corrected chi connectivity index (χ1v) is 5.30. The summed E-state index contributed by atoms with van der Waals surface area (Å²) in [6.07, 6.45) is -7.41. The molecule has 9 heteroatoms. The summed E-state index contributed by atoms with van der Waals surface area (Å²) in [5.41, 5.74) is 1.75. The minimum absolute atomic E-state index is 0.105. The van der Waals surface area contributed by atoms with Gasteiger partial charge in [-0.05, 0) is 5.56 Å². The molecule has 0 heterocycles. The average molecular weight is 298 g/mol. The highest BCUT2D eigenvalue weighted by Crippen LogP contribution is 2.36. The zero-order valence-electron chi connectivity index (χ0n) is 9.95. The first-order valence-electron chi connectivity index (χ1n) is 5.30. The molecule has 0 saturated carbocycles. The first-order chi connectivity index (χ1) is 9.19. The Morgan fingerprint density at radius 3 is 2.20 bits per heavy atom. The number of halogens is 5. The maximum absolute atomic E-state index is 12.8. The lowest BCUT2D eigenvalue weighted by Gasteiger charge is -2.23. The molecule has 1 aromatic carbocycles. The van der Waals surface area contributed by atoms with Gasteiger partial charge in [-0.25, -0.2) is 5.84 Å². The molecule has 1 unspecified atom stereocenters. The number of alkyl halides is 5. The van der Waals surface area contributed by atoms with Gasteiger partial charge in [0.1, 0.15) is 6.61 Å². The minimum atomic E-state index is -5.76. The highest BCUT2D eigenvalue weighted by Gasteiger charge is 2.58. The number of carbonyl (C=O) groups is 1. The van der Waals surface area contributed by atoms with E-state index in [0.717, 1.165) is 0 Å². The number of benzene rings is 1. The Bertz CT molecular complexity index is 450. The SMILES string of the molecule is NNC(=O)C(OCC(F)(F)C(F)(F)F)c1ccccc1. The third-order valence-electron chi connectivity index (χ3n) is 2.33. The lowest BCUT2D eigenvalue weighted by atomic mass is 10.1. The Morgan fingerprint density at radius 2 is 1.75 bits per heavy atom. The normalized spacial score (nSPS) is 13.9. The quantitative estimate of drug-likeness (QED) is 0.378. The standard InChI is InChI=1S/C11H11F5N2O2/c12-10(13,11(14,15)16)6-20-8(9(19)18-17)7-4-2-1-3-5-7/h1-5,8H,6,17H2,(H,18,19). The zero-order valence-corrected chi connectivity index (χ0v) is 9.95. The molecule has 0 aromatic heterocycles. The van der Waals surface area contributed by atoms with E-state index in [1.165, 1.54) is 24.3 Å². The van der Waals surface area contributed by atoms with E-state index in [1.54, 1.807) is 11.5 Å². The average Bonchev–Trinajstić information content (AvgIpc) is 2.38. The van der Waals surface area contributed by atoms with Crippen LogP contribution in [0.3, 0.4) is 0 Å². The van der Waals surface area contributed by atoms with Gasteiger partial charge in [0.05, 0.1) is 0 Å². The van der Waals surface area contributed by atoms with Crippen LogP contribution in [0.25, 0.3) is 0 Å². The van der Waals surface area contributed by atoms with E-state index >= 15 is 0 Å². The molecule has 0 aliphatic carbocycles. The van der Waals surface area contributed by atoms with Crippen LogP contribution in [-0.4, -0.2) is 24.6 Å². The van der Waals surface area contributed by atoms with Crippen molar-refractivity contribution in [2.45, 2.75) is 18.2 Å². The fraction of sp³-hybridized carbons (Fsp3) is 0.364. The fourth-order valence-corrected chi connectivity index (χ4v) is 1.30. The Balaban J connectivity index is 2.86. The maximum Gasteiger partial charge on any atom is 0.455 e. The number of carbonyl (C=O) groups excluding carboxylic acids is 1. The van der Waals surface area contributed by atoms with Gasteiger partial charge in [-0.15, -0.1) is 0 Å². The molecule has 20 heavy (non-hydrogen) atoms. The van der Waals surface area contributed by atoms with Crippen molar-refractivity contribution in [2.75, 3.05) is 6.61 Å². The summed E-state index contributed by atoms with van der Waals surface area (Å²) < 4.78 is 66.0. The van der Waals surface area contributed by atoms with Gasteiger partial charge in [-0.3, -0.25) is 10.2 Å². The molecule has 1 aromatic rings. The summed E-state index contributed by atoms with van der Waals surface area (Å²) in [4.78, 5) is 11.4. The second-order valence-electron chi connectivity index (χ2n) is 3.81. The number of nitrogens with two attached hydrogens (primary N) is 1. The smallest absolute Gasteiger partial charge is 0.357 e. The van der Waals surface area contributed by atoms with Crippen molar-refractivity contribution in [3.8, 4) is 0 Å². The van der Waals surface area contributed by atoms with Crippen molar-refractivity contribution in [1.82, 2.24) is 5.43 Å². The molecule has 0 aliphatic rings. The van der Waals surface area contributed by atoms with Crippen LogP contribution < -0.4 is 11.3 Å². The van der Waals surface area contributed by atoms with Gasteiger partial charge >= 0.3 is 12.1 Å². The molecule has 1 atom stereocenters. The van der Waals surface area contributed by atoms with Crippen LogP contribution in [0.5, 0.6) is 0 Å². The van der Waals surface area contributed by atoms with E-state index in [4.69, 9.17) is 5.84 Å². The van der Waals surface area contributed by atoms with Crippen LogP contribution in [0.2, 0.25) is 0 Å². The van der Waals surface area contributed by atoms with Crippen molar-refractivity contribution < 1.29 is 31.5 Å². The number of hydrogen-bond acceptors (Lipinski definition) is 3. The Morgan fingerprint density at radius 1 is 1.20 bits per heavy atom. The van der Waals surface area contributed by atoms with E-state index in [0.29, 0.717) is 0 Å². The fourth-order valence-electron chi connectivity index (χ4n) is 1.30. The van der Waals surface area contributed by atoms with Crippen LogP contribution >= 0.6 is 0 Å². The van der Waals surface area contributed by atoms with Gasteiger partial charge < -0.3 is 4.74 Å². The second kappa shape index (κ2) is 6.14. The van der Waals surface area contributed by atoms with E-state index in [1.807, 2.05) is 0 Å². The predicted octanol–water partition coefficient (Wildman–Crippen LogP) is 1.93. The van der Waals surface area contributed by atoms with Crippen LogP contribution in [0, 0.1) is 0 Å². The summed E-state index contributed by atoms with van der Waals surface area (Å²) in [7, 11) is 0. The Kier molecular flexibility index (Phi) is 5.01. The highest BCUT2D eigenvalue weighted by molar-refractivity contribution is 5.81. The van der Waals surface area contributed by atoms with E-state index in [2.05, 4.69) is 4.74 Å². The molecule has 0 aliphatic heterocycles. The van der Waals surface area contributed by atoms with Gasteiger partial charge in [-0.1, -0.05) is 30.3 Å². The van der Waals surface area contributed by atoms with Crippen molar-refractivity contribution >= 4 is 5.91 Å². The second-order valence-corrected chi connectivity index (χ2v) is 3.81. The van der Waals surface area contributed by atoms with Crippen LogP contribution in [0.15, 0.2) is 30.3 Å². The molecule has 0 radical (unpaired) electrons. The van der Waals surface area contributed by atoms with Crippen LogP contribution in [-0.2, 0) is 9.53 Å². The van der Waals surface area contributed by atoms with Gasteiger partial charge in [0.2, 0.25) is 0 Å². The molecular formula is C11H11F5N2O2. The number of amides is 1. The molecule has 1 amide bonds. The topological polar surface area (TPSA) is 64.3 Å². The zero-order chi connectivity index (χ0) is 15.4. The van der Waals surface area contributed by atoms with Crippen molar-refractivity contribution in [2.24, 2.45) is 5.84 Å². The molecule has 4 nitrogen and oxygen atoms in total. The van der Waals surface area contributed by atoms with E-state index in [9.17, 15) is 26.7 Å². The number of ether oxygens (including phenoxy) is 1. The molecule has 0 bridgehead atoms. The molecule has 1 rings (SSSR count). The molecule has 3 N–H and O–H groups in total. The Hall–Kier alpha value is -1.74. The lowest BCUT2D eigenvalue weighted by molar-refractivity contribution is -0.299. The summed E-state index contributed by atoms with van der Waals surface area (Å²) in [5.74, 6) is -1.25. The molecule has 0 saturated heterocycles. The van der Waals surface area contributed by atoms with Gasteiger partial charge in [0.25, 0.3) is 5.91 Å². The summed E-state index contributed by atoms with van der Waals surface area (Å²) in [5, 5.41) is 0. The van der Waals surface area contributed by atoms with Crippen molar-refractivity contribution in [3.05, 3.63) is 35.9 Å². The van der Waals surface area contributed by atoms with Crippen LogP contribution in [0.4, 0.5) is 22.0 Å². The highest BCUT2D eigenvalue weighted by atomic mass is 19.4. The van der Waals surface area contributed by atoms with E-state index in [-0.39, 0.29) is 5.56 Å². The number of hydrazine groups is 1. The van der Waals surface area contributed by atoms with Crippen LogP contribution in [0.1, 0.15) is 11.7 Å². The number of nitrogens with one attached hydrogen (secondary N) is 1. The predicted molar refractivity (Wildman–Crippen MR) is 58.5 cm³/mol. The maximum atomic E-state index is 12.8. The first kappa shape index (κ1) is 16.3. The summed E-state index contributed by atoms with van der Waals surface area (Å²) in [6, 6.07) is 7.19.